The van der Waals surface area contributed by atoms with Crippen LogP contribution >= 0.6 is 0 Å². The van der Waals surface area contributed by atoms with Crippen molar-refractivity contribution in [3.8, 4) is 23.0 Å². The molecule has 2 aliphatic rings. The molecular weight excluding hydrogens is 426 g/mol. The number of cyclic esters (lactones) is 1. The summed E-state index contributed by atoms with van der Waals surface area (Å²) in [6.45, 7) is 0.148. The smallest absolute Gasteiger partial charge is 0.363 e. The summed E-state index contributed by atoms with van der Waals surface area (Å²) >= 11 is 0. The Morgan fingerprint density at radius 3 is 2.61 bits per heavy atom. The number of benzene rings is 3. The van der Waals surface area contributed by atoms with Crippen LogP contribution < -0.4 is 18.9 Å². The maximum absolute atomic E-state index is 12.4. The van der Waals surface area contributed by atoms with E-state index in [9.17, 15) is 9.59 Å². The van der Waals surface area contributed by atoms with E-state index in [-0.39, 0.29) is 24.1 Å². The standard InChI is InChI=1S/C25H17NO7/c1-29-21-12-15(7-9-20(21)32-24(27)16-5-3-2-4-6-16)11-18-25(28)33-23(26-18)17-8-10-19-22(13-17)31-14-30-19/h2-13H,14H2,1H3/b18-11+. The quantitative estimate of drug-likeness (QED) is 0.334. The average Bonchev–Trinajstić information content (AvgIpc) is 3.46. The highest BCUT2D eigenvalue weighted by molar-refractivity contribution is 6.13. The van der Waals surface area contributed by atoms with Crippen LogP contribution in [0.15, 0.2) is 77.4 Å². The molecule has 0 fully saturated rings. The van der Waals surface area contributed by atoms with Gasteiger partial charge in [-0.1, -0.05) is 24.3 Å². The first-order chi connectivity index (χ1) is 16.1. The normalized spacial score (nSPS) is 15.2. The number of hydrogen-bond donors (Lipinski definition) is 0. The van der Waals surface area contributed by atoms with Crippen molar-refractivity contribution in [1.82, 2.24) is 0 Å². The first kappa shape index (κ1) is 20.3. The number of ether oxygens (including phenoxy) is 5. The number of hydrogen-bond acceptors (Lipinski definition) is 8. The van der Waals surface area contributed by atoms with Crippen molar-refractivity contribution in [2.75, 3.05) is 13.9 Å². The van der Waals surface area contributed by atoms with Crippen LogP contribution in [0.5, 0.6) is 23.0 Å². The molecule has 33 heavy (non-hydrogen) atoms. The molecule has 5 rings (SSSR count). The van der Waals surface area contributed by atoms with E-state index in [0.717, 1.165) is 0 Å². The van der Waals surface area contributed by atoms with Crippen molar-refractivity contribution in [3.63, 3.8) is 0 Å². The highest BCUT2D eigenvalue weighted by atomic mass is 16.7. The molecule has 0 unspecified atom stereocenters. The fraction of sp³-hybridized carbons (Fsp3) is 0.0800. The molecule has 0 aromatic heterocycles. The van der Waals surface area contributed by atoms with Crippen LogP contribution in [0.4, 0.5) is 0 Å². The van der Waals surface area contributed by atoms with Gasteiger partial charge in [-0.3, -0.25) is 0 Å². The van der Waals surface area contributed by atoms with Gasteiger partial charge >= 0.3 is 11.9 Å². The number of aliphatic imine (C=N–C) groups is 1. The van der Waals surface area contributed by atoms with E-state index in [2.05, 4.69) is 4.99 Å². The molecule has 0 spiro atoms. The third-order valence-corrected chi connectivity index (χ3v) is 4.94. The summed E-state index contributed by atoms with van der Waals surface area (Å²) in [7, 11) is 1.46. The zero-order valence-corrected chi connectivity index (χ0v) is 17.4. The van der Waals surface area contributed by atoms with Crippen molar-refractivity contribution < 1.29 is 33.3 Å². The Labute approximate surface area is 188 Å². The highest BCUT2D eigenvalue weighted by Crippen LogP contribution is 2.34. The van der Waals surface area contributed by atoms with Crippen molar-refractivity contribution in [1.29, 1.82) is 0 Å². The van der Waals surface area contributed by atoms with E-state index < -0.39 is 11.9 Å². The average molecular weight is 443 g/mol. The van der Waals surface area contributed by atoms with Crippen LogP contribution in [0.3, 0.4) is 0 Å². The second-order valence-corrected chi connectivity index (χ2v) is 7.07. The Morgan fingerprint density at radius 1 is 0.970 bits per heavy atom. The Bertz CT molecular complexity index is 1310. The highest BCUT2D eigenvalue weighted by Gasteiger charge is 2.26. The molecule has 2 aliphatic heterocycles. The SMILES string of the molecule is COc1cc(/C=C2/N=C(c3ccc4c(c3)OCO4)OC2=O)ccc1OC(=O)c1ccccc1. The molecule has 8 nitrogen and oxygen atoms in total. The second-order valence-electron chi connectivity index (χ2n) is 7.07. The lowest BCUT2D eigenvalue weighted by Gasteiger charge is -2.10. The van der Waals surface area contributed by atoms with Gasteiger partial charge in [-0.05, 0) is 54.1 Å². The monoisotopic (exact) mass is 443 g/mol. The second kappa shape index (κ2) is 8.51. The van der Waals surface area contributed by atoms with Gasteiger partial charge in [0.05, 0.1) is 12.7 Å². The van der Waals surface area contributed by atoms with Gasteiger partial charge in [0.2, 0.25) is 12.7 Å². The zero-order chi connectivity index (χ0) is 22.8. The fourth-order valence-electron chi connectivity index (χ4n) is 3.31. The van der Waals surface area contributed by atoms with Gasteiger partial charge < -0.3 is 23.7 Å². The minimum absolute atomic E-state index is 0.124. The Morgan fingerprint density at radius 2 is 1.79 bits per heavy atom. The van der Waals surface area contributed by atoms with Crippen LogP contribution in [-0.4, -0.2) is 31.7 Å². The first-order valence-corrected chi connectivity index (χ1v) is 9.98. The molecule has 3 aromatic rings. The summed E-state index contributed by atoms with van der Waals surface area (Å²) in [6.07, 6.45) is 1.56. The molecule has 0 amide bonds. The van der Waals surface area contributed by atoms with Gasteiger partial charge in [0.1, 0.15) is 0 Å². The fourth-order valence-corrected chi connectivity index (χ4v) is 3.31. The predicted octanol–water partition coefficient (Wildman–Crippen LogP) is 3.99. The Hall–Kier alpha value is -4.59. The first-order valence-electron chi connectivity index (χ1n) is 9.98. The summed E-state index contributed by atoms with van der Waals surface area (Å²) in [5.74, 6) is 0.865. The van der Waals surface area contributed by atoms with E-state index >= 15 is 0 Å². The minimum Gasteiger partial charge on any atom is -0.493 e. The van der Waals surface area contributed by atoms with Crippen LogP contribution in [0.2, 0.25) is 0 Å². The van der Waals surface area contributed by atoms with Gasteiger partial charge in [0, 0.05) is 5.56 Å². The summed E-state index contributed by atoms with van der Waals surface area (Å²) in [6, 6.07) is 18.7. The van der Waals surface area contributed by atoms with Gasteiger partial charge in [0.15, 0.2) is 28.7 Å². The van der Waals surface area contributed by atoms with Crippen molar-refractivity contribution in [3.05, 3.63) is 89.1 Å². The van der Waals surface area contributed by atoms with E-state index in [4.69, 9.17) is 23.7 Å². The number of carbonyl (C=O) groups excluding carboxylic acids is 2. The van der Waals surface area contributed by atoms with Gasteiger partial charge in [-0.2, -0.15) is 0 Å². The molecule has 3 aromatic carbocycles. The molecule has 0 aliphatic carbocycles. The van der Waals surface area contributed by atoms with Crippen molar-refractivity contribution >= 4 is 23.9 Å². The maximum Gasteiger partial charge on any atom is 0.363 e. The molecule has 8 heteroatoms. The molecule has 0 atom stereocenters. The summed E-state index contributed by atoms with van der Waals surface area (Å²) in [5, 5.41) is 0. The molecule has 0 saturated heterocycles. The van der Waals surface area contributed by atoms with E-state index in [1.807, 2.05) is 6.07 Å². The Kier molecular flexibility index (Phi) is 5.24. The number of fused-ring (bicyclic) bond motifs is 1. The third kappa shape index (κ3) is 4.14. The Balaban J connectivity index is 1.38. The molecule has 0 radical (unpaired) electrons. The number of nitrogens with zero attached hydrogens (tertiary/aromatic N) is 1. The largest absolute Gasteiger partial charge is 0.493 e. The van der Waals surface area contributed by atoms with E-state index in [0.29, 0.717) is 33.9 Å². The number of methoxy groups -OCH3 is 1. The summed E-state index contributed by atoms with van der Waals surface area (Å²) in [5.41, 5.74) is 1.76. The lowest BCUT2D eigenvalue weighted by atomic mass is 10.1. The molecular formula is C25H17NO7. The third-order valence-electron chi connectivity index (χ3n) is 4.94. The lowest BCUT2D eigenvalue weighted by Crippen LogP contribution is -2.09. The van der Waals surface area contributed by atoms with Gasteiger partial charge in [-0.15, -0.1) is 0 Å². The maximum atomic E-state index is 12.4. The van der Waals surface area contributed by atoms with E-state index in [1.54, 1.807) is 66.7 Å². The van der Waals surface area contributed by atoms with Gasteiger partial charge in [0.25, 0.3) is 0 Å². The predicted molar refractivity (Wildman–Crippen MR) is 118 cm³/mol. The van der Waals surface area contributed by atoms with Crippen molar-refractivity contribution in [2.45, 2.75) is 0 Å². The minimum atomic E-state index is -0.582. The topological polar surface area (TPSA) is 92.7 Å². The van der Waals surface area contributed by atoms with E-state index in [1.165, 1.54) is 7.11 Å². The molecule has 0 saturated carbocycles. The van der Waals surface area contributed by atoms with Crippen LogP contribution in [0, 0.1) is 0 Å². The molecule has 164 valence electrons. The molecule has 0 bridgehead atoms. The number of rotatable bonds is 5. The zero-order valence-electron chi connectivity index (χ0n) is 17.4. The van der Waals surface area contributed by atoms with Gasteiger partial charge in [-0.25, -0.2) is 14.6 Å². The summed E-state index contributed by atoms with van der Waals surface area (Å²) in [4.78, 5) is 29.0. The van der Waals surface area contributed by atoms with Crippen LogP contribution in [-0.2, 0) is 9.53 Å². The van der Waals surface area contributed by atoms with Crippen LogP contribution in [0.25, 0.3) is 6.08 Å². The van der Waals surface area contributed by atoms with Crippen LogP contribution in [0.1, 0.15) is 21.5 Å². The number of carbonyl (C=O) groups is 2. The van der Waals surface area contributed by atoms with Crippen molar-refractivity contribution in [2.24, 2.45) is 4.99 Å². The molecule has 2 heterocycles. The number of esters is 2. The molecule has 0 N–H and O–H groups in total. The summed E-state index contributed by atoms with van der Waals surface area (Å²) < 4.78 is 26.8. The lowest BCUT2D eigenvalue weighted by molar-refractivity contribution is -0.129.